The molecular formula is C21H22N2O4S2. The Morgan fingerprint density at radius 1 is 1.07 bits per heavy atom. The summed E-state index contributed by atoms with van der Waals surface area (Å²) < 4.78 is 32.1. The summed E-state index contributed by atoms with van der Waals surface area (Å²) >= 11 is 1.46. The largest absolute Gasteiger partial charge is 0.458 e. The summed E-state index contributed by atoms with van der Waals surface area (Å²) in [6.45, 7) is 5.31. The number of benzene rings is 2. The van der Waals surface area contributed by atoms with E-state index < -0.39 is 22.5 Å². The monoisotopic (exact) mass is 430 g/mol. The molecule has 2 aromatic carbocycles. The molecule has 0 saturated carbocycles. The number of aryl methyl sites for hydroxylation is 3. The molecule has 0 fully saturated rings. The van der Waals surface area contributed by atoms with Crippen molar-refractivity contribution in [3.63, 3.8) is 0 Å². The number of hydrogen-bond acceptors (Lipinski definition) is 6. The molecule has 0 radical (unpaired) electrons. The van der Waals surface area contributed by atoms with Gasteiger partial charge in [0, 0.05) is 10.9 Å². The quantitative estimate of drug-likeness (QED) is 0.577. The summed E-state index contributed by atoms with van der Waals surface area (Å²) in [7, 11) is -3.78. The standard InChI is InChI=1S/C21H22N2O4S2/c1-14-4-7-17(8-5-14)21-23-18(13-28-21)12-27-20(24)11-22-29(25,26)19-9-6-15(2)16(3)10-19/h4-10,13,22H,11-12H2,1-3H3. The Labute approximate surface area is 174 Å². The molecule has 0 unspecified atom stereocenters. The molecule has 8 heteroatoms. The molecule has 3 rings (SSSR count). The van der Waals surface area contributed by atoms with E-state index in [0.717, 1.165) is 21.7 Å². The van der Waals surface area contributed by atoms with Gasteiger partial charge in [0.15, 0.2) is 0 Å². The fourth-order valence-electron chi connectivity index (χ4n) is 2.53. The first-order valence-corrected chi connectivity index (χ1v) is 11.3. The zero-order valence-electron chi connectivity index (χ0n) is 16.4. The zero-order valence-corrected chi connectivity index (χ0v) is 18.1. The highest BCUT2D eigenvalue weighted by Crippen LogP contribution is 2.24. The van der Waals surface area contributed by atoms with Crippen molar-refractivity contribution < 1.29 is 17.9 Å². The van der Waals surface area contributed by atoms with Crippen LogP contribution in [0, 0.1) is 20.8 Å². The highest BCUT2D eigenvalue weighted by molar-refractivity contribution is 7.89. The summed E-state index contributed by atoms with van der Waals surface area (Å²) in [4.78, 5) is 16.5. The predicted octanol–water partition coefficient (Wildman–Crippen LogP) is 3.76. The second-order valence-electron chi connectivity index (χ2n) is 6.74. The average molecular weight is 431 g/mol. The molecule has 1 aromatic heterocycles. The third-order valence-corrected chi connectivity index (χ3v) is 6.77. The summed E-state index contributed by atoms with van der Waals surface area (Å²) in [5.41, 5.74) is 4.65. The number of carbonyl (C=O) groups excluding carboxylic acids is 1. The van der Waals surface area contributed by atoms with Crippen molar-refractivity contribution in [2.45, 2.75) is 32.3 Å². The van der Waals surface area contributed by atoms with E-state index in [2.05, 4.69) is 9.71 Å². The summed E-state index contributed by atoms with van der Waals surface area (Å²) in [5, 5.41) is 2.66. The van der Waals surface area contributed by atoms with Gasteiger partial charge in [-0.15, -0.1) is 11.3 Å². The van der Waals surface area contributed by atoms with E-state index in [-0.39, 0.29) is 11.5 Å². The van der Waals surface area contributed by atoms with Crippen LogP contribution in [0.2, 0.25) is 0 Å². The topological polar surface area (TPSA) is 85.4 Å². The lowest BCUT2D eigenvalue weighted by Gasteiger charge is -2.08. The number of rotatable bonds is 7. The minimum Gasteiger partial charge on any atom is -0.458 e. The number of ether oxygens (including phenoxy) is 1. The van der Waals surface area contributed by atoms with Gasteiger partial charge in [0.1, 0.15) is 18.2 Å². The number of nitrogens with one attached hydrogen (secondary N) is 1. The van der Waals surface area contributed by atoms with Gasteiger partial charge in [0.2, 0.25) is 10.0 Å². The van der Waals surface area contributed by atoms with Crippen LogP contribution in [0.25, 0.3) is 10.6 Å². The van der Waals surface area contributed by atoms with Crippen LogP contribution in [0.5, 0.6) is 0 Å². The van der Waals surface area contributed by atoms with Crippen LogP contribution in [0.4, 0.5) is 0 Å². The Kier molecular flexibility index (Phi) is 6.46. The molecule has 0 bridgehead atoms. The minimum absolute atomic E-state index is 0.00738. The van der Waals surface area contributed by atoms with Crippen molar-refractivity contribution in [2.24, 2.45) is 0 Å². The molecule has 0 atom stereocenters. The van der Waals surface area contributed by atoms with E-state index in [4.69, 9.17) is 4.74 Å². The fraction of sp³-hybridized carbons (Fsp3) is 0.238. The Bertz CT molecular complexity index is 1120. The number of thiazole rings is 1. The van der Waals surface area contributed by atoms with E-state index in [1.165, 1.54) is 23.0 Å². The first kappa shape index (κ1) is 21.2. The van der Waals surface area contributed by atoms with E-state index in [1.807, 2.05) is 50.4 Å². The molecule has 0 spiro atoms. The van der Waals surface area contributed by atoms with Crippen LogP contribution >= 0.6 is 11.3 Å². The number of nitrogens with zero attached hydrogens (tertiary/aromatic N) is 1. The van der Waals surface area contributed by atoms with Gasteiger partial charge < -0.3 is 4.74 Å². The van der Waals surface area contributed by atoms with Gasteiger partial charge >= 0.3 is 5.97 Å². The van der Waals surface area contributed by atoms with Crippen molar-refractivity contribution in [2.75, 3.05) is 6.54 Å². The summed E-state index contributed by atoms with van der Waals surface area (Å²) in [5.74, 6) is -0.665. The van der Waals surface area contributed by atoms with Gasteiger partial charge in [-0.05, 0) is 44.0 Å². The normalized spacial score (nSPS) is 11.4. The van der Waals surface area contributed by atoms with E-state index >= 15 is 0 Å². The van der Waals surface area contributed by atoms with Gasteiger partial charge in [-0.25, -0.2) is 13.4 Å². The van der Waals surface area contributed by atoms with Crippen LogP contribution < -0.4 is 4.72 Å². The maximum atomic E-state index is 12.3. The number of sulfonamides is 1. The molecule has 6 nitrogen and oxygen atoms in total. The maximum Gasteiger partial charge on any atom is 0.321 e. The van der Waals surface area contributed by atoms with Crippen molar-refractivity contribution >= 4 is 27.3 Å². The van der Waals surface area contributed by atoms with Gasteiger partial charge in [-0.3, -0.25) is 4.79 Å². The molecule has 0 aliphatic heterocycles. The van der Waals surface area contributed by atoms with Crippen molar-refractivity contribution in [3.05, 3.63) is 70.2 Å². The second kappa shape index (κ2) is 8.86. The molecule has 3 aromatic rings. The first-order chi connectivity index (χ1) is 13.7. The molecule has 152 valence electrons. The third-order valence-electron chi connectivity index (χ3n) is 4.43. The Morgan fingerprint density at radius 3 is 2.48 bits per heavy atom. The molecular weight excluding hydrogens is 408 g/mol. The number of hydrogen-bond donors (Lipinski definition) is 1. The minimum atomic E-state index is -3.78. The summed E-state index contributed by atoms with van der Waals surface area (Å²) in [6, 6.07) is 12.8. The molecule has 0 aliphatic rings. The van der Waals surface area contributed by atoms with E-state index in [1.54, 1.807) is 12.1 Å². The summed E-state index contributed by atoms with van der Waals surface area (Å²) in [6.07, 6.45) is 0. The van der Waals surface area contributed by atoms with Crippen molar-refractivity contribution in [3.8, 4) is 10.6 Å². The lowest BCUT2D eigenvalue weighted by atomic mass is 10.1. The molecule has 29 heavy (non-hydrogen) atoms. The molecule has 1 N–H and O–H groups in total. The fourth-order valence-corrected chi connectivity index (χ4v) is 4.39. The van der Waals surface area contributed by atoms with Gasteiger partial charge in [-0.1, -0.05) is 35.9 Å². The maximum absolute atomic E-state index is 12.3. The lowest BCUT2D eigenvalue weighted by Crippen LogP contribution is -2.30. The van der Waals surface area contributed by atoms with Crippen LogP contribution in [0.1, 0.15) is 22.4 Å². The lowest BCUT2D eigenvalue weighted by molar-refractivity contribution is -0.143. The molecule has 0 amide bonds. The Balaban J connectivity index is 1.53. The molecule has 0 aliphatic carbocycles. The average Bonchev–Trinajstić information content (AvgIpc) is 3.16. The first-order valence-electron chi connectivity index (χ1n) is 8.98. The van der Waals surface area contributed by atoms with Crippen LogP contribution in [-0.2, 0) is 26.2 Å². The molecule has 1 heterocycles. The molecule has 0 saturated heterocycles. The van der Waals surface area contributed by atoms with Gasteiger partial charge in [0.05, 0.1) is 10.6 Å². The smallest absolute Gasteiger partial charge is 0.321 e. The van der Waals surface area contributed by atoms with E-state index in [9.17, 15) is 13.2 Å². The third kappa shape index (κ3) is 5.50. The van der Waals surface area contributed by atoms with Crippen LogP contribution in [0.15, 0.2) is 52.7 Å². The van der Waals surface area contributed by atoms with E-state index in [0.29, 0.717) is 5.69 Å². The second-order valence-corrected chi connectivity index (χ2v) is 9.37. The van der Waals surface area contributed by atoms with Gasteiger partial charge in [0.25, 0.3) is 0 Å². The Morgan fingerprint density at radius 2 is 1.79 bits per heavy atom. The van der Waals surface area contributed by atoms with Crippen molar-refractivity contribution in [1.29, 1.82) is 0 Å². The Hall–Kier alpha value is -2.55. The van der Waals surface area contributed by atoms with Crippen LogP contribution in [-0.4, -0.2) is 25.9 Å². The SMILES string of the molecule is Cc1ccc(-c2nc(COC(=O)CNS(=O)(=O)c3ccc(C)c(C)c3)cs2)cc1. The zero-order chi connectivity index (χ0) is 21.0. The van der Waals surface area contributed by atoms with Crippen LogP contribution in [0.3, 0.4) is 0 Å². The van der Waals surface area contributed by atoms with Gasteiger partial charge in [-0.2, -0.15) is 4.72 Å². The predicted molar refractivity (Wildman–Crippen MR) is 113 cm³/mol. The number of aromatic nitrogens is 1. The van der Waals surface area contributed by atoms with Crippen molar-refractivity contribution in [1.82, 2.24) is 9.71 Å². The number of carbonyl (C=O) groups is 1. The highest BCUT2D eigenvalue weighted by Gasteiger charge is 2.17. The number of esters is 1. The highest BCUT2D eigenvalue weighted by atomic mass is 32.2.